The molecule has 7 heteroatoms. The molecule has 3 rings (SSSR count). The van der Waals surface area contributed by atoms with Gasteiger partial charge in [0.05, 0.1) is 17.2 Å². The number of amides is 2. The van der Waals surface area contributed by atoms with Crippen LogP contribution < -0.4 is 10.6 Å². The minimum Gasteiger partial charge on any atom is -0.444 e. The number of carbonyl (C=O) groups is 2. The number of aromatic nitrogens is 1. The van der Waals surface area contributed by atoms with E-state index in [0.29, 0.717) is 11.0 Å². The van der Waals surface area contributed by atoms with Crippen LogP contribution in [0, 0.1) is 11.3 Å². The van der Waals surface area contributed by atoms with Gasteiger partial charge in [0, 0.05) is 5.38 Å². The van der Waals surface area contributed by atoms with Crippen molar-refractivity contribution in [1.29, 1.82) is 0 Å². The Balaban J connectivity index is 1.54. The number of carbonyl (C=O) groups excluding carboxylic acids is 2. The van der Waals surface area contributed by atoms with E-state index in [2.05, 4.69) is 15.6 Å². The maximum absolute atomic E-state index is 12.1. The molecule has 1 aromatic rings. The molecule has 6 nitrogen and oxygen atoms in total. The quantitative estimate of drug-likeness (QED) is 0.892. The van der Waals surface area contributed by atoms with E-state index in [0.717, 1.165) is 18.5 Å². The van der Waals surface area contributed by atoms with Gasteiger partial charge >= 0.3 is 6.09 Å². The van der Waals surface area contributed by atoms with Crippen LogP contribution in [0.25, 0.3) is 0 Å². The SMILES string of the molecule is CC(NC(=O)C12CC1C2)c1csc(NC(=O)OC(C)(C)C)n1. The van der Waals surface area contributed by atoms with Gasteiger partial charge in [0.15, 0.2) is 5.13 Å². The Morgan fingerprint density at radius 1 is 1.45 bits per heavy atom. The molecule has 2 saturated carbocycles. The molecule has 1 atom stereocenters. The first-order valence-corrected chi connectivity index (χ1v) is 8.34. The molecule has 0 bridgehead atoms. The Morgan fingerprint density at radius 3 is 2.64 bits per heavy atom. The number of rotatable bonds is 4. The van der Waals surface area contributed by atoms with Crippen molar-refractivity contribution in [2.45, 2.75) is 52.2 Å². The van der Waals surface area contributed by atoms with E-state index in [-0.39, 0.29) is 17.4 Å². The molecule has 22 heavy (non-hydrogen) atoms. The van der Waals surface area contributed by atoms with Gasteiger partial charge in [0.25, 0.3) is 0 Å². The van der Waals surface area contributed by atoms with E-state index >= 15 is 0 Å². The molecule has 2 amide bonds. The number of fused-ring (bicyclic) bond motifs is 1. The van der Waals surface area contributed by atoms with Gasteiger partial charge in [-0.2, -0.15) is 0 Å². The van der Waals surface area contributed by atoms with Crippen LogP contribution >= 0.6 is 11.3 Å². The fraction of sp³-hybridized carbons (Fsp3) is 0.667. The second-order valence-electron chi connectivity index (χ2n) is 7.16. The molecule has 0 aliphatic heterocycles. The van der Waals surface area contributed by atoms with Crippen molar-refractivity contribution in [2.75, 3.05) is 5.32 Å². The van der Waals surface area contributed by atoms with E-state index in [4.69, 9.17) is 4.74 Å². The lowest BCUT2D eigenvalue weighted by molar-refractivity contribution is -0.124. The number of anilines is 1. The normalized spacial score (nSPS) is 26.6. The van der Waals surface area contributed by atoms with Gasteiger partial charge in [-0.15, -0.1) is 11.3 Å². The summed E-state index contributed by atoms with van der Waals surface area (Å²) in [7, 11) is 0. The minimum absolute atomic E-state index is 0.0398. The lowest BCUT2D eigenvalue weighted by Gasteiger charge is -2.19. The lowest BCUT2D eigenvalue weighted by Crippen LogP contribution is -2.30. The van der Waals surface area contributed by atoms with Gasteiger partial charge in [-0.25, -0.2) is 9.78 Å². The zero-order valence-electron chi connectivity index (χ0n) is 13.2. The van der Waals surface area contributed by atoms with Gasteiger partial charge in [-0.3, -0.25) is 10.1 Å². The predicted octanol–water partition coefficient (Wildman–Crippen LogP) is 3.08. The van der Waals surface area contributed by atoms with Gasteiger partial charge in [0.1, 0.15) is 5.60 Å². The third-order valence-electron chi connectivity index (χ3n) is 4.06. The lowest BCUT2D eigenvalue weighted by atomic mass is 10.2. The van der Waals surface area contributed by atoms with Crippen molar-refractivity contribution in [1.82, 2.24) is 10.3 Å². The Hall–Kier alpha value is -1.63. The first-order valence-electron chi connectivity index (χ1n) is 7.46. The summed E-state index contributed by atoms with van der Waals surface area (Å²) in [5.74, 6) is 0.763. The summed E-state index contributed by atoms with van der Waals surface area (Å²) in [5.41, 5.74) is 0.163. The zero-order valence-corrected chi connectivity index (χ0v) is 14.0. The predicted molar refractivity (Wildman–Crippen MR) is 83.7 cm³/mol. The summed E-state index contributed by atoms with van der Waals surface area (Å²) < 4.78 is 5.18. The maximum Gasteiger partial charge on any atom is 0.413 e. The summed E-state index contributed by atoms with van der Waals surface area (Å²) >= 11 is 1.32. The summed E-state index contributed by atoms with van der Waals surface area (Å²) in [5, 5.41) is 7.93. The highest BCUT2D eigenvalue weighted by atomic mass is 32.1. The van der Waals surface area contributed by atoms with Gasteiger partial charge in [-0.05, 0) is 46.5 Å². The highest BCUT2D eigenvalue weighted by Crippen LogP contribution is 2.75. The van der Waals surface area contributed by atoms with E-state index < -0.39 is 11.7 Å². The van der Waals surface area contributed by atoms with E-state index in [9.17, 15) is 9.59 Å². The van der Waals surface area contributed by atoms with Crippen LogP contribution in [0.15, 0.2) is 5.38 Å². The van der Waals surface area contributed by atoms with Crippen molar-refractivity contribution in [3.63, 3.8) is 0 Å². The van der Waals surface area contributed by atoms with Crippen LogP contribution in [-0.2, 0) is 9.53 Å². The molecule has 0 radical (unpaired) electrons. The number of nitrogens with zero attached hydrogens (tertiary/aromatic N) is 1. The molecular formula is C15H21N3O3S. The first kappa shape index (κ1) is 15.3. The van der Waals surface area contributed by atoms with Crippen LogP contribution in [0.1, 0.15) is 52.3 Å². The number of thiazole rings is 1. The Morgan fingerprint density at radius 2 is 2.09 bits per heavy atom. The molecule has 2 aliphatic rings. The van der Waals surface area contributed by atoms with Crippen molar-refractivity contribution in [2.24, 2.45) is 11.3 Å². The largest absolute Gasteiger partial charge is 0.444 e. The smallest absolute Gasteiger partial charge is 0.413 e. The molecule has 0 saturated heterocycles. The standard InChI is InChI=1S/C15H21N3O3S/c1-8(16-11(19)15-5-9(15)6-15)10-7-22-12(17-10)18-13(20)21-14(2,3)4/h7-9H,5-6H2,1-4H3,(H,16,19)(H,17,18,20). The summed E-state index contributed by atoms with van der Waals surface area (Å²) in [6, 6.07) is -0.158. The molecule has 2 N–H and O–H groups in total. The highest BCUT2D eigenvalue weighted by Gasteiger charge is 2.74. The average Bonchev–Trinajstić information content (AvgIpc) is 3.16. The minimum atomic E-state index is -0.546. The van der Waals surface area contributed by atoms with Crippen LogP contribution in [0.5, 0.6) is 0 Å². The van der Waals surface area contributed by atoms with Crippen molar-refractivity contribution in [3.8, 4) is 0 Å². The molecule has 2 fully saturated rings. The second kappa shape index (κ2) is 4.94. The van der Waals surface area contributed by atoms with Crippen molar-refractivity contribution in [3.05, 3.63) is 11.1 Å². The van der Waals surface area contributed by atoms with Crippen LogP contribution in [0.3, 0.4) is 0 Å². The Labute approximate surface area is 133 Å². The molecule has 0 aromatic carbocycles. The van der Waals surface area contributed by atoms with Gasteiger partial charge in [-0.1, -0.05) is 0 Å². The molecular weight excluding hydrogens is 302 g/mol. The molecule has 1 heterocycles. The van der Waals surface area contributed by atoms with E-state index in [1.807, 2.05) is 12.3 Å². The molecule has 120 valence electrons. The molecule has 1 aromatic heterocycles. The number of ether oxygens (including phenoxy) is 1. The summed E-state index contributed by atoms with van der Waals surface area (Å²) in [6.07, 6.45) is 1.55. The van der Waals surface area contributed by atoms with Crippen LogP contribution in [0.2, 0.25) is 0 Å². The zero-order chi connectivity index (χ0) is 16.1. The number of hydrogen-bond donors (Lipinski definition) is 2. The monoisotopic (exact) mass is 323 g/mol. The topological polar surface area (TPSA) is 80.3 Å². The number of hydrogen-bond acceptors (Lipinski definition) is 5. The van der Waals surface area contributed by atoms with E-state index in [1.165, 1.54) is 11.3 Å². The van der Waals surface area contributed by atoms with Crippen molar-refractivity contribution >= 4 is 28.5 Å². The van der Waals surface area contributed by atoms with Crippen LogP contribution in [-0.4, -0.2) is 22.6 Å². The van der Waals surface area contributed by atoms with Gasteiger partial charge in [0.2, 0.25) is 5.91 Å². The summed E-state index contributed by atoms with van der Waals surface area (Å²) in [4.78, 5) is 28.1. The second-order valence-corrected chi connectivity index (χ2v) is 8.02. The third-order valence-corrected chi connectivity index (χ3v) is 4.83. The maximum atomic E-state index is 12.1. The third kappa shape index (κ3) is 3.09. The fourth-order valence-corrected chi connectivity index (χ4v) is 3.21. The fourth-order valence-electron chi connectivity index (χ4n) is 2.42. The van der Waals surface area contributed by atoms with Crippen molar-refractivity contribution < 1.29 is 14.3 Å². The molecule has 1 unspecified atom stereocenters. The average molecular weight is 323 g/mol. The summed E-state index contributed by atoms with van der Waals surface area (Å²) in [6.45, 7) is 7.32. The molecule has 2 aliphatic carbocycles. The van der Waals surface area contributed by atoms with E-state index in [1.54, 1.807) is 20.8 Å². The Kier molecular flexibility index (Phi) is 3.43. The molecule has 0 spiro atoms. The first-order chi connectivity index (χ1) is 10.2. The van der Waals surface area contributed by atoms with Crippen LogP contribution in [0.4, 0.5) is 9.93 Å². The number of nitrogens with one attached hydrogen (secondary N) is 2. The Bertz CT molecular complexity index is 614. The highest BCUT2D eigenvalue weighted by molar-refractivity contribution is 7.13. The van der Waals surface area contributed by atoms with Gasteiger partial charge < -0.3 is 10.1 Å².